The third-order valence-electron chi connectivity index (χ3n) is 2.37. The van der Waals surface area contributed by atoms with Crippen LogP contribution in [0.15, 0.2) is 46.0 Å². The molecule has 0 fully saturated rings. The van der Waals surface area contributed by atoms with Crippen molar-refractivity contribution in [2.24, 2.45) is 0 Å². The van der Waals surface area contributed by atoms with Crippen molar-refractivity contribution in [3.05, 3.63) is 47.3 Å². The van der Waals surface area contributed by atoms with Crippen molar-refractivity contribution in [2.75, 3.05) is 11.3 Å². The van der Waals surface area contributed by atoms with Crippen molar-refractivity contribution in [2.45, 2.75) is 10.6 Å². The van der Waals surface area contributed by atoms with Crippen LogP contribution in [0.1, 0.15) is 5.56 Å². The zero-order valence-electron chi connectivity index (χ0n) is 9.54. The van der Waals surface area contributed by atoms with Gasteiger partial charge in [0, 0.05) is 12.3 Å². The van der Waals surface area contributed by atoms with Crippen molar-refractivity contribution < 1.29 is 13.5 Å². The van der Waals surface area contributed by atoms with E-state index in [1.807, 2.05) is 0 Å². The summed E-state index contributed by atoms with van der Waals surface area (Å²) in [4.78, 5) is 0. The number of nitrogens with one attached hydrogen (secondary N) is 1. The monoisotopic (exact) mass is 283 g/mol. The second-order valence-corrected chi connectivity index (χ2v) is 6.57. The van der Waals surface area contributed by atoms with Crippen molar-refractivity contribution >= 4 is 27.0 Å². The number of hydrogen-bond donors (Lipinski definition) is 2. The Balaban J connectivity index is 2.14. The van der Waals surface area contributed by atoms with Gasteiger partial charge < -0.3 is 5.11 Å². The Labute approximate surface area is 110 Å². The van der Waals surface area contributed by atoms with E-state index in [9.17, 15) is 8.42 Å². The lowest BCUT2D eigenvalue weighted by Gasteiger charge is -2.06. The van der Waals surface area contributed by atoms with Gasteiger partial charge >= 0.3 is 0 Å². The normalized spacial score (nSPS) is 11.4. The molecule has 0 unspecified atom stereocenters. The molecule has 0 atom stereocenters. The van der Waals surface area contributed by atoms with Gasteiger partial charge in [0.25, 0.3) is 10.0 Å². The largest absolute Gasteiger partial charge is 0.396 e. The molecule has 0 amide bonds. The van der Waals surface area contributed by atoms with E-state index in [1.165, 1.54) is 11.3 Å². The first kappa shape index (κ1) is 13.1. The van der Waals surface area contributed by atoms with Gasteiger partial charge in [-0.3, -0.25) is 4.72 Å². The lowest BCUT2D eigenvalue weighted by molar-refractivity contribution is 0.299. The van der Waals surface area contributed by atoms with E-state index in [0.29, 0.717) is 16.3 Å². The molecule has 96 valence electrons. The average Bonchev–Trinajstić information content (AvgIpc) is 2.86. The number of aliphatic hydroxyl groups excluding tert-OH is 1. The summed E-state index contributed by atoms with van der Waals surface area (Å²) in [6, 6.07) is 10.2. The fraction of sp³-hybridized carbons (Fsp3) is 0.167. The van der Waals surface area contributed by atoms with Gasteiger partial charge in [-0.2, -0.15) is 0 Å². The summed E-state index contributed by atoms with van der Waals surface area (Å²) in [5.74, 6) is 0. The molecule has 0 aliphatic rings. The van der Waals surface area contributed by atoms with Gasteiger partial charge in [-0.1, -0.05) is 18.2 Å². The molecule has 2 N–H and O–H groups in total. The number of aliphatic hydroxyl groups is 1. The molecule has 0 saturated heterocycles. The highest BCUT2D eigenvalue weighted by Gasteiger charge is 2.14. The van der Waals surface area contributed by atoms with E-state index in [2.05, 4.69) is 4.72 Å². The Kier molecular flexibility index (Phi) is 4.00. The minimum Gasteiger partial charge on any atom is -0.396 e. The van der Waals surface area contributed by atoms with Gasteiger partial charge in [0.2, 0.25) is 0 Å². The maximum absolute atomic E-state index is 11.9. The molecule has 1 aromatic heterocycles. The van der Waals surface area contributed by atoms with E-state index in [0.717, 1.165) is 5.56 Å². The van der Waals surface area contributed by atoms with E-state index < -0.39 is 10.0 Å². The number of thiophene rings is 1. The molecule has 2 aromatic rings. The predicted octanol–water partition coefficient (Wildman–Crippen LogP) is 2.08. The maximum Gasteiger partial charge on any atom is 0.271 e. The van der Waals surface area contributed by atoms with Crippen molar-refractivity contribution in [3.63, 3.8) is 0 Å². The van der Waals surface area contributed by atoms with Gasteiger partial charge in [0.15, 0.2) is 0 Å². The zero-order valence-corrected chi connectivity index (χ0v) is 11.2. The molecule has 18 heavy (non-hydrogen) atoms. The lowest BCUT2D eigenvalue weighted by atomic mass is 10.1. The second-order valence-electron chi connectivity index (χ2n) is 3.71. The summed E-state index contributed by atoms with van der Waals surface area (Å²) in [6.45, 7) is 0.0836. The lowest BCUT2D eigenvalue weighted by Crippen LogP contribution is -2.11. The first-order valence-corrected chi connectivity index (χ1v) is 7.74. The summed E-state index contributed by atoms with van der Waals surface area (Å²) in [6.07, 6.45) is 0.567. The molecule has 4 nitrogen and oxygen atoms in total. The van der Waals surface area contributed by atoms with Gasteiger partial charge in [-0.05, 0) is 35.6 Å². The number of anilines is 1. The summed E-state index contributed by atoms with van der Waals surface area (Å²) in [7, 11) is -3.48. The van der Waals surface area contributed by atoms with Crippen LogP contribution < -0.4 is 4.72 Å². The molecular formula is C12H13NO3S2. The molecule has 0 aliphatic heterocycles. The Hall–Kier alpha value is -1.37. The van der Waals surface area contributed by atoms with Gasteiger partial charge in [0.05, 0.1) is 0 Å². The van der Waals surface area contributed by atoms with Crippen molar-refractivity contribution in [3.8, 4) is 0 Å². The van der Waals surface area contributed by atoms with Gasteiger partial charge in [-0.25, -0.2) is 8.42 Å². The van der Waals surface area contributed by atoms with Crippen LogP contribution in [0.4, 0.5) is 5.69 Å². The van der Waals surface area contributed by atoms with Gasteiger partial charge in [-0.15, -0.1) is 11.3 Å². The van der Waals surface area contributed by atoms with Crippen LogP contribution in [0.2, 0.25) is 0 Å². The highest BCUT2D eigenvalue weighted by atomic mass is 32.2. The van der Waals surface area contributed by atoms with Crippen LogP contribution in [-0.2, 0) is 16.4 Å². The molecule has 1 aromatic carbocycles. The number of rotatable bonds is 5. The molecule has 1 heterocycles. The molecule has 0 radical (unpaired) electrons. The maximum atomic E-state index is 11.9. The molecular weight excluding hydrogens is 270 g/mol. The first-order valence-electron chi connectivity index (χ1n) is 5.38. The average molecular weight is 283 g/mol. The van der Waals surface area contributed by atoms with E-state index in [1.54, 1.807) is 41.8 Å². The minimum absolute atomic E-state index is 0.0836. The number of sulfonamides is 1. The predicted molar refractivity (Wildman–Crippen MR) is 72.4 cm³/mol. The van der Waals surface area contributed by atoms with E-state index >= 15 is 0 Å². The molecule has 6 heteroatoms. The molecule has 0 bridgehead atoms. The highest BCUT2D eigenvalue weighted by Crippen LogP contribution is 2.20. The molecule has 0 spiro atoms. The summed E-state index contributed by atoms with van der Waals surface area (Å²) in [5.41, 5.74) is 1.49. The first-order chi connectivity index (χ1) is 8.62. The van der Waals surface area contributed by atoms with Crippen LogP contribution in [0, 0.1) is 0 Å². The van der Waals surface area contributed by atoms with Crippen LogP contribution in [-0.4, -0.2) is 20.1 Å². The van der Waals surface area contributed by atoms with Gasteiger partial charge in [0.1, 0.15) is 4.21 Å². The van der Waals surface area contributed by atoms with Crippen molar-refractivity contribution in [1.82, 2.24) is 0 Å². The quantitative estimate of drug-likeness (QED) is 0.883. The Morgan fingerprint density at radius 2 is 1.89 bits per heavy atom. The Bertz CT molecular complexity index is 589. The van der Waals surface area contributed by atoms with Crippen LogP contribution >= 0.6 is 11.3 Å². The fourth-order valence-corrected chi connectivity index (χ4v) is 3.54. The molecule has 0 saturated carbocycles. The smallest absolute Gasteiger partial charge is 0.271 e. The Morgan fingerprint density at radius 3 is 2.44 bits per heavy atom. The van der Waals surface area contributed by atoms with Crippen LogP contribution in [0.5, 0.6) is 0 Å². The number of hydrogen-bond acceptors (Lipinski definition) is 4. The van der Waals surface area contributed by atoms with Crippen LogP contribution in [0.3, 0.4) is 0 Å². The van der Waals surface area contributed by atoms with Crippen LogP contribution in [0.25, 0.3) is 0 Å². The third kappa shape index (κ3) is 3.10. The summed E-state index contributed by atoms with van der Waals surface area (Å²) >= 11 is 1.18. The highest BCUT2D eigenvalue weighted by molar-refractivity contribution is 7.94. The minimum atomic E-state index is -3.48. The fourth-order valence-electron chi connectivity index (χ4n) is 1.49. The van der Waals surface area contributed by atoms with E-state index in [-0.39, 0.29) is 6.61 Å². The molecule has 0 aliphatic carbocycles. The summed E-state index contributed by atoms with van der Waals surface area (Å²) < 4.78 is 26.7. The van der Waals surface area contributed by atoms with E-state index in [4.69, 9.17) is 5.11 Å². The SMILES string of the molecule is O=S(=O)(Nc1ccc(CCO)cc1)c1cccs1. The standard InChI is InChI=1S/C12H13NO3S2/c14-8-7-10-3-5-11(6-4-10)13-18(15,16)12-2-1-9-17-12/h1-6,9,13-14H,7-8H2. The van der Waals surface area contributed by atoms with Crippen molar-refractivity contribution in [1.29, 1.82) is 0 Å². The number of benzene rings is 1. The zero-order chi connectivity index (χ0) is 13.0. The third-order valence-corrected chi connectivity index (χ3v) is 5.15. The molecule has 2 rings (SSSR count). The topological polar surface area (TPSA) is 66.4 Å². The Morgan fingerprint density at radius 1 is 1.17 bits per heavy atom. The second kappa shape index (κ2) is 5.51. The summed E-state index contributed by atoms with van der Waals surface area (Å²) in [5, 5.41) is 10.5.